The number of anilines is 1. The molecule has 32 heavy (non-hydrogen) atoms. The van der Waals surface area contributed by atoms with Crippen LogP contribution >= 0.6 is 0 Å². The third kappa shape index (κ3) is 5.14. The number of rotatable bonds is 7. The number of carbonyl (C=O) groups is 2. The second kappa shape index (κ2) is 9.76. The molecule has 0 saturated heterocycles. The van der Waals surface area contributed by atoms with Gasteiger partial charge in [-0.2, -0.15) is 0 Å². The Morgan fingerprint density at radius 1 is 1.22 bits per heavy atom. The van der Waals surface area contributed by atoms with E-state index in [9.17, 15) is 9.59 Å². The number of esters is 1. The second-order valence-electron chi connectivity index (χ2n) is 9.27. The number of hydrogen-bond acceptors (Lipinski definition) is 5. The van der Waals surface area contributed by atoms with Gasteiger partial charge in [-0.05, 0) is 51.0 Å². The SMILES string of the molecule is CC(=O)Oc1cc(O[C@H](C)CCCc2ccccc2)cc2c1[C@@H]1CC(=O)CC[C@H]1[C@H](C)N2. The van der Waals surface area contributed by atoms with Gasteiger partial charge in [0.25, 0.3) is 0 Å². The molecule has 1 N–H and O–H groups in total. The van der Waals surface area contributed by atoms with E-state index in [-0.39, 0.29) is 29.8 Å². The molecule has 0 spiro atoms. The van der Waals surface area contributed by atoms with Crippen LogP contribution < -0.4 is 14.8 Å². The van der Waals surface area contributed by atoms with E-state index in [2.05, 4.69) is 43.4 Å². The van der Waals surface area contributed by atoms with Crippen LogP contribution in [-0.2, 0) is 16.0 Å². The van der Waals surface area contributed by atoms with E-state index in [1.54, 1.807) is 0 Å². The highest BCUT2D eigenvalue weighted by Gasteiger charge is 2.40. The molecule has 5 heteroatoms. The number of benzene rings is 2. The highest BCUT2D eigenvalue weighted by Crippen LogP contribution is 2.50. The van der Waals surface area contributed by atoms with Gasteiger partial charge >= 0.3 is 5.97 Å². The molecule has 2 aromatic rings. The van der Waals surface area contributed by atoms with E-state index in [1.165, 1.54) is 12.5 Å². The lowest BCUT2D eigenvalue weighted by molar-refractivity contribution is -0.131. The van der Waals surface area contributed by atoms with Crippen molar-refractivity contribution in [1.82, 2.24) is 0 Å². The van der Waals surface area contributed by atoms with Gasteiger partial charge in [0, 0.05) is 55.1 Å². The fourth-order valence-electron chi connectivity index (χ4n) is 5.23. The number of ketones is 1. The molecule has 170 valence electrons. The van der Waals surface area contributed by atoms with Crippen LogP contribution in [0.3, 0.4) is 0 Å². The fourth-order valence-corrected chi connectivity index (χ4v) is 5.23. The van der Waals surface area contributed by atoms with Crippen LogP contribution in [0.2, 0.25) is 0 Å². The Bertz CT molecular complexity index is 971. The van der Waals surface area contributed by atoms with E-state index >= 15 is 0 Å². The summed E-state index contributed by atoms with van der Waals surface area (Å²) >= 11 is 0. The van der Waals surface area contributed by atoms with E-state index in [0.29, 0.717) is 30.3 Å². The zero-order chi connectivity index (χ0) is 22.7. The van der Waals surface area contributed by atoms with E-state index < -0.39 is 0 Å². The van der Waals surface area contributed by atoms with Crippen LogP contribution in [-0.4, -0.2) is 23.9 Å². The lowest BCUT2D eigenvalue weighted by Gasteiger charge is -2.42. The Labute approximate surface area is 190 Å². The van der Waals surface area contributed by atoms with E-state index in [1.807, 2.05) is 18.2 Å². The molecular weight excluding hydrogens is 402 g/mol. The van der Waals surface area contributed by atoms with Crippen molar-refractivity contribution in [2.24, 2.45) is 5.92 Å². The van der Waals surface area contributed by atoms with Crippen LogP contribution in [0.1, 0.15) is 69.9 Å². The van der Waals surface area contributed by atoms with Crippen LogP contribution in [0.5, 0.6) is 11.5 Å². The number of aryl methyl sites for hydroxylation is 1. The quantitative estimate of drug-likeness (QED) is 0.448. The summed E-state index contributed by atoms with van der Waals surface area (Å²) in [4.78, 5) is 24.1. The van der Waals surface area contributed by atoms with Crippen molar-refractivity contribution in [3.05, 3.63) is 53.6 Å². The topological polar surface area (TPSA) is 64.6 Å². The number of hydrogen-bond donors (Lipinski definition) is 1. The molecule has 2 aliphatic rings. The average molecular weight is 436 g/mol. The Morgan fingerprint density at radius 2 is 2.00 bits per heavy atom. The molecule has 0 radical (unpaired) electrons. The summed E-state index contributed by atoms with van der Waals surface area (Å²) in [6, 6.07) is 14.5. The largest absolute Gasteiger partial charge is 0.491 e. The van der Waals surface area contributed by atoms with Gasteiger partial charge in [-0.3, -0.25) is 9.59 Å². The van der Waals surface area contributed by atoms with Crippen molar-refractivity contribution < 1.29 is 19.1 Å². The Morgan fingerprint density at radius 3 is 2.75 bits per heavy atom. The van der Waals surface area contributed by atoms with Gasteiger partial charge in [0.2, 0.25) is 0 Å². The summed E-state index contributed by atoms with van der Waals surface area (Å²) in [6.07, 6.45) is 5.03. The van der Waals surface area contributed by atoms with Gasteiger partial charge < -0.3 is 14.8 Å². The number of fused-ring (bicyclic) bond motifs is 3. The van der Waals surface area contributed by atoms with Crippen molar-refractivity contribution in [1.29, 1.82) is 0 Å². The first-order valence-electron chi connectivity index (χ1n) is 11.8. The van der Waals surface area contributed by atoms with Gasteiger partial charge in [-0.15, -0.1) is 0 Å². The molecule has 1 saturated carbocycles. The summed E-state index contributed by atoms with van der Waals surface area (Å²) in [6.45, 7) is 5.65. The monoisotopic (exact) mass is 435 g/mol. The molecule has 0 bridgehead atoms. The summed E-state index contributed by atoms with van der Waals surface area (Å²) in [5.74, 6) is 1.57. The summed E-state index contributed by atoms with van der Waals surface area (Å²) in [5.41, 5.74) is 3.19. The lowest BCUT2D eigenvalue weighted by atomic mass is 9.69. The summed E-state index contributed by atoms with van der Waals surface area (Å²) in [7, 11) is 0. The molecule has 0 aromatic heterocycles. The smallest absolute Gasteiger partial charge is 0.308 e. The number of nitrogens with one attached hydrogen (secondary N) is 1. The minimum atomic E-state index is -0.363. The molecule has 0 amide bonds. The normalized spacial score (nSPS) is 22.8. The first-order valence-corrected chi connectivity index (χ1v) is 11.8. The van der Waals surface area contributed by atoms with E-state index in [4.69, 9.17) is 9.47 Å². The molecule has 4 atom stereocenters. The van der Waals surface area contributed by atoms with Crippen molar-refractivity contribution in [2.45, 2.75) is 77.4 Å². The van der Waals surface area contributed by atoms with Crippen molar-refractivity contribution >= 4 is 17.4 Å². The molecule has 1 fully saturated rings. The molecule has 1 aliphatic heterocycles. The standard InChI is InChI=1S/C27H33NO4/c1-17(8-7-11-20-9-5-4-6-10-20)31-22-15-25-27(26(16-22)32-19(3)29)24-14-21(30)12-13-23(24)18(2)28-25/h4-6,9-10,15-18,23-24,28H,7-8,11-14H2,1-3H3/t17-,18+,23+,24-/m1/s1. The summed E-state index contributed by atoms with van der Waals surface area (Å²) < 4.78 is 11.9. The molecule has 1 aliphatic carbocycles. The molecular formula is C27H33NO4. The third-order valence-electron chi connectivity index (χ3n) is 6.74. The minimum absolute atomic E-state index is 0.0342. The first kappa shape index (κ1) is 22.4. The molecule has 1 heterocycles. The average Bonchev–Trinajstić information content (AvgIpc) is 2.73. The van der Waals surface area contributed by atoms with Crippen molar-refractivity contribution in [3.8, 4) is 11.5 Å². The van der Waals surface area contributed by atoms with Gasteiger partial charge in [-0.25, -0.2) is 0 Å². The zero-order valence-electron chi connectivity index (χ0n) is 19.2. The molecule has 4 rings (SSSR count). The van der Waals surface area contributed by atoms with Gasteiger partial charge in [0.1, 0.15) is 17.3 Å². The first-order chi connectivity index (χ1) is 15.4. The van der Waals surface area contributed by atoms with Crippen LogP contribution in [0, 0.1) is 5.92 Å². The number of ether oxygens (including phenoxy) is 2. The molecule has 0 unspecified atom stereocenters. The van der Waals surface area contributed by atoms with Crippen LogP contribution in [0.15, 0.2) is 42.5 Å². The van der Waals surface area contributed by atoms with Gasteiger partial charge in [0.15, 0.2) is 0 Å². The van der Waals surface area contributed by atoms with Crippen molar-refractivity contribution in [3.63, 3.8) is 0 Å². The Balaban J connectivity index is 1.51. The van der Waals surface area contributed by atoms with Crippen molar-refractivity contribution in [2.75, 3.05) is 5.32 Å². The van der Waals surface area contributed by atoms with Gasteiger partial charge in [-0.1, -0.05) is 30.3 Å². The Hall–Kier alpha value is -2.82. The second-order valence-corrected chi connectivity index (χ2v) is 9.27. The number of carbonyl (C=O) groups excluding carboxylic acids is 2. The maximum atomic E-state index is 12.2. The molecule has 2 aromatic carbocycles. The van der Waals surface area contributed by atoms with Crippen LogP contribution in [0.4, 0.5) is 5.69 Å². The fraction of sp³-hybridized carbons (Fsp3) is 0.481. The lowest BCUT2D eigenvalue weighted by Crippen LogP contribution is -2.39. The highest BCUT2D eigenvalue weighted by molar-refractivity contribution is 5.82. The van der Waals surface area contributed by atoms with Crippen LogP contribution in [0.25, 0.3) is 0 Å². The highest BCUT2D eigenvalue weighted by atomic mass is 16.5. The van der Waals surface area contributed by atoms with Gasteiger partial charge in [0.05, 0.1) is 6.10 Å². The molecule has 5 nitrogen and oxygen atoms in total. The summed E-state index contributed by atoms with van der Waals surface area (Å²) in [5, 5.41) is 3.58. The maximum Gasteiger partial charge on any atom is 0.308 e. The Kier molecular flexibility index (Phi) is 6.83. The van der Waals surface area contributed by atoms with E-state index in [0.717, 1.165) is 36.9 Å². The minimum Gasteiger partial charge on any atom is -0.491 e. The predicted octanol–water partition coefficient (Wildman–Crippen LogP) is 5.67. The maximum absolute atomic E-state index is 12.2. The predicted molar refractivity (Wildman–Crippen MR) is 125 cm³/mol. The third-order valence-corrected chi connectivity index (χ3v) is 6.74. The zero-order valence-corrected chi connectivity index (χ0v) is 19.2. The number of Topliss-reactive ketones (excluding diaryl/α,β-unsaturated/α-hetero) is 1.